The fraction of sp³-hybridized carbons (Fsp3) is 0.250. The number of aliphatic hydroxyl groups is 1. The van der Waals surface area contributed by atoms with Crippen molar-refractivity contribution in [1.29, 1.82) is 5.26 Å². The predicted molar refractivity (Wildman–Crippen MR) is 79.7 cm³/mol. The van der Waals surface area contributed by atoms with E-state index in [1.54, 1.807) is 12.1 Å². The molecule has 5 heteroatoms. The molecular weight excluding hydrogens is 266 g/mol. The lowest BCUT2D eigenvalue weighted by molar-refractivity contribution is -0.119. The van der Waals surface area contributed by atoms with Gasteiger partial charge in [0.25, 0.3) is 0 Å². The van der Waals surface area contributed by atoms with Crippen LogP contribution < -0.4 is 10.6 Å². The van der Waals surface area contributed by atoms with Gasteiger partial charge in [-0.1, -0.05) is 24.3 Å². The molecule has 0 aromatic heterocycles. The Kier molecular flexibility index (Phi) is 3.57. The highest BCUT2D eigenvalue weighted by Gasteiger charge is 2.31. The fourth-order valence-corrected chi connectivity index (χ4v) is 2.67. The van der Waals surface area contributed by atoms with Gasteiger partial charge in [0.2, 0.25) is 5.91 Å². The molecule has 0 aliphatic carbocycles. The highest BCUT2D eigenvalue weighted by atomic mass is 16.3. The molecule has 0 saturated carbocycles. The van der Waals surface area contributed by atoms with Crippen LogP contribution in [0.5, 0.6) is 0 Å². The van der Waals surface area contributed by atoms with Gasteiger partial charge in [-0.05, 0) is 25.1 Å². The largest absolute Gasteiger partial charge is 0.391 e. The Morgan fingerprint density at radius 3 is 2.71 bits per heavy atom. The molecule has 1 amide bonds. The van der Waals surface area contributed by atoms with Crippen LogP contribution in [0.2, 0.25) is 0 Å². The second-order valence-corrected chi connectivity index (χ2v) is 5.10. The second kappa shape index (κ2) is 5.52. The molecule has 2 atom stereocenters. The van der Waals surface area contributed by atoms with Crippen molar-refractivity contribution < 1.29 is 9.90 Å². The molecule has 0 unspecified atom stereocenters. The molecule has 0 spiro atoms. The minimum absolute atomic E-state index is 0.255. The van der Waals surface area contributed by atoms with Gasteiger partial charge in [0.15, 0.2) is 0 Å². The van der Waals surface area contributed by atoms with Crippen molar-refractivity contribution in [3.8, 4) is 6.07 Å². The summed E-state index contributed by atoms with van der Waals surface area (Å²) in [5.74, 6) is -0.255. The lowest BCUT2D eigenvalue weighted by Gasteiger charge is -2.16. The molecule has 3 N–H and O–H groups in total. The predicted octanol–water partition coefficient (Wildman–Crippen LogP) is 1.37. The minimum Gasteiger partial charge on any atom is -0.391 e. The lowest BCUT2D eigenvalue weighted by atomic mass is 10.0. The number of nitriles is 1. The van der Waals surface area contributed by atoms with Crippen LogP contribution in [0.3, 0.4) is 0 Å². The van der Waals surface area contributed by atoms with Crippen LogP contribution in [0, 0.1) is 11.3 Å². The molecule has 1 aliphatic rings. The Morgan fingerprint density at radius 2 is 2.05 bits per heavy atom. The number of carbonyl (C=O) groups excluding carboxylic acids is 1. The first-order valence-corrected chi connectivity index (χ1v) is 6.85. The van der Waals surface area contributed by atoms with E-state index in [4.69, 9.17) is 5.26 Å². The maximum absolute atomic E-state index is 12.2. The Balaban J connectivity index is 1.95. The molecule has 1 saturated heterocycles. The van der Waals surface area contributed by atoms with Crippen molar-refractivity contribution in [3.05, 3.63) is 42.0 Å². The quantitative estimate of drug-likeness (QED) is 0.776. The van der Waals surface area contributed by atoms with Crippen molar-refractivity contribution >= 4 is 22.4 Å². The zero-order valence-corrected chi connectivity index (χ0v) is 11.3. The van der Waals surface area contributed by atoms with Crippen LogP contribution in [-0.4, -0.2) is 29.7 Å². The Hall–Kier alpha value is -2.42. The summed E-state index contributed by atoms with van der Waals surface area (Å²) in [4.78, 5) is 12.2. The Bertz CT molecular complexity index is 736. The van der Waals surface area contributed by atoms with Gasteiger partial charge in [0.05, 0.1) is 17.7 Å². The van der Waals surface area contributed by atoms with Crippen molar-refractivity contribution in [1.82, 2.24) is 5.32 Å². The van der Waals surface area contributed by atoms with Gasteiger partial charge in [-0.2, -0.15) is 5.26 Å². The first-order chi connectivity index (χ1) is 10.2. The van der Waals surface area contributed by atoms with E-state index >= 15 is 0 Å². The number of nitrogens with zero attached hydrogens (tertiary/aromatic N) is 1. The van der Waals surface area contributed by atoms with E-state index in [1.807, 2.05) is 24.3 Å². The Labute approximate surface area is 122 Å². The summed E-state index contributed by atoms with van der Waals surface area (Å²) in [6.07, 6.45) is -0.0821. The SMILES string of the molecule is N#Cc1ccc(NC(=O)[C@H]2NCC[C@@H]2O)c2ccccc12. The number of amides is 1. The third kappa shape index (κ3) is 2.47. The molecular formula is C16H15N3O2. The number of hydrogen-bond donors (Lipinski definition) is 3. The average molecular weight is 281 g/mol. The molecule has 5 nitrogen and oxygen atoms in total. The third-order valence-electron chi connectivity index (χ3n) is 3.77. The standard InChI is InChI=1S/C16H15N3O2/c17-9-10-5-6-13(12-4-2-1-3-11(10)12)19-16(21)15-14(20)7-8-18-15/h1-6,14-15,18,20H,7-8H2,(H,19,21)/t14-,15-/m0/s1. The summed E-state index contributed by atoms with van der Waals surface area (Å²) in [6, 6.07) is 12.4. The van der Waals surface area contributed by atoms with Crippen LogP contribution in [0.25, 0.3) is 10.8 Å². The van der Waals surface area contributed by atoms with Gasteiger partial charge in [-0.25, -0.2) is 0 Å². The van der Waals surface area contributed by atoms with Crippen molar-refractivity contribution in [2.75, 3.05) is 11.9 Å². The van der Waals surface area contributed by atoms with Crippen LogP contribution >= 0.6 is 0 Å². The number of carbonyl (C=O) groups is 1. The molecule has 0 radical (unpaired) electrons. The molecule has 1 aliphatic heterocycles. The average Bonchev–Trinajstić information content (AvgIpc) is 2.94. The zero-order chi connectivity index (χ0) is 14.8. The van der Waals surface area contributed by atoms with Crippen LogP contribution in [0.4, 0.5) is 5.69 Å². The number of hydrogen-bond acceptors (Lipinski definition) is 4. The fourth-order valence-electron chi connectivity index (χ4n) is 2.67. The van der Waals surface area contributed by atoms with Gasteiger partial charge in [-0.15, -0.1) is 0 Å². The van der Waals surface area contributed by atoms with E-state index in [-0.39, 0.29) is 5.91 Å². The van der Waals surface area contributed by atoms with E-state index < -0.39 is 12.1 Å². The Morgan fingerprint density at radius 1 is 1.29 bits per heavy atom. The normalized spacial score (nSPS) is 21.1. The van der Waals surface area contributed by atoms with Crippen molar-refractivity contribution in [2.45, 2.75) is 18.6 Å². The summed E-state index contributed by atoms with van der Waals surface area (Å²) in [6.45, 7) is 0.632. The topological polar surface area (TPSA) is 85.2 Å². The van der Waals surface area contributed by atoms with E-state index in [1.165, 1.54) is 0 Å². The highest BCUT2D eigenvalue weighted by molar-refractivity contribution is 6.05. The van der Waals surface area contributed by atoms with Crippen LogP contribution in [-0.2, 0) is 4.79 Å². The van der Waals surface area contributed by atoms with E-state index in [9.17, 15) is 9.90 Å². The van der Waals surface area contributed by atoms with Crippen LogP contribution in [0.15, 0.2) is 36.4 Å². The van der Waals surface area contributed by atoms with Gasteiger partial charge in [-0.3, -0.25) is 4.79 Å². The summed E-state index contributed by atoms with van der Waals surface area (Å²) < 4.78 is 0. The molecule has 21 heavy (non-hydrogen) atoms. The number of aliphatic hydroxyl groups excluding tert-OH is 1. The van der Waals surface area contributed by atoms with Gasteiger partial charge < -0.3 is 15.7 Å². The van der Waals surface area contributed by atoms with Gasteiger partial charge in [0.1, 0.15) is 6.04 Å². The molecule has 1 fully saturated rings. The third-order valence-corrected chi connectivity index (χ3v) is 3.77. The maximum Gasteiger partial charge on any atom is 0.244 e. The van der Waals surface area contributed by atoms with Crippen molar-refractivity contribution in [2.24, 2.45) is 0 Å². The first kappa shape index (κ1) is 13.6. The van der Waals surface area contributed by atoms with Crippen LogP contribution in [0.1, 0.15) is 12.0 Å². The van der Waals surface area contributed by atoms with Gasteiger partial charge in [0, 0.05) is 16.5 Å². The molecule has 2 aromatic rings. The monoisotopic (exact) mass is 281 g/mol. The number of nitrogens with one attached hydrogen (secondary N) is 2. The summed E-state index contributed by atoms with van der Waals surface area (Å²) in [5, 5.41) is 26.3. The number of rotatable bonds is 2. The molecule has 0 bridgehead atoms. The summed E-state index contributed by atoms with van der Waals surface area (Å²) in [5.41, 5.74) is 1.22. The smallest absolute Gasteiger partial charge is 0.244 e. The second-order valence-electron chi connectivity index (χ2n) is 5.10. The highest BCUT2D eigenvalue weighted by Crippen LogP contribution is 2.26. The van der Waals surface area contributed by atoms with E-state index in [2.05, 4.69) is 16.7 Å². The molecule has 2 aromatic carbocycles. The maximum atomic E-state index is 12.2. The first-order valence-electron chi connectivity index (χ1n) is 6.85. The lowest BCUT2D eigenvalue weighted by Crippen LogP contribution is -2.42. The number of anilines is 1. The minimum atomic E-state index is -0.658. The number of benzene rings is 2. The molecule has 106 valence electrons. The number of fused-ring (bicyclic) bond motifs is 1. The van der Waals surface area contributed by atoms with Gasteiger partial charge >= 0.3 is 0 Å². The van der Waals surface area contributed by atoms with Crippen molar-refractivity contribution in [3.63, 3.8) is 0 Å². The van der Waals surface area contributed by atoms with E-state index in [0.29, 0.717) is 24.2 Å². The zero-order valence-electron chi connectivity index (χ0n) is 11.3. The molecule has 1 heterocycles. The summed E-state index contributed by atoms with van der Waals surface area (Å²) >= 11 is 0. The summed E-state index contributed by atoms with van der Waals surface area (Å²) in [7, 11) is 0. The molecule has 3 rings (SSSR count). The van der Waals surface area contributed by atoms with E-state index in [0.717, 1.165) is 10.8 Å².